The summed E-state index contributed by atoms with van der Waals surface area (Å²) in [5.41, 5.74) is 1.44. The summed E-state index contributed by atoms with van der Waals surface area (Å²) in [7, 11) is 0. The number of halogens is 1. The molecule has 1 aliphatic rings. The average Bonchev–Trinajstić information content (AvgIpc) is 2.87. The molecule has 5 heteroatoms. The highest BCUT2D eigenvalue weighted by atomic mass is 79.9. The van der Waals surface area contributed by atoms with Crippen molar-refractivity contribution in [3.8, 4) is 0 Å². The molecule has 2 aromatic rings. The van der Waals surface area contributed by atoms with E-state index in [0.29, 0.717) is 5.41 Å². The van der Waals surface area contributed by atoms with Crippen LogP contribution in [0.2, 0.25) is 0 Å². The standard InChI is InChI=1S/C14H19BrN4/c1-3-14(2)4-7-18(8-5-14)13-12-16-6-9-19(12)10-11(15)17-13/h6,9-10H,3-5,7-8H2,1-2H3. The van der Waals surface area contributed by atoms with Crippen molar-refractivity contribution in [1.29, 1.82) is 0 Å². The van der Waals surface area contributed by atoms with Crippen LogP contribution in [0.25, 0.3) is 5.65 Å². The third-order valence-electron chi connectivity index (χ3n) is 4.45. The molecule has 2 aromatic heterocycles. The Hall–Kier alpha value is -1.10. The van der Waals surface area contributed by atoms with Crippen LogP contribution >= 0.6 is 15.9 Å². The molecular weight excluding hydrogens is 304 g/mol. The molecule has 0 N–H and O–H groups in total. The molecule has 0 bridgehead atoms. The molecule has 1 fully saturated rings. The highest BCUT2D eigenvalue weighted by Crippen LogP contribution is 2.36. The van der Waals surface area contributed by atoms with Gasteiger partial charge in [-0.05, 0) is 34.2 Å². The summed E-state index contributed by atoms with van der Waals surface area (Å²) in [4.78, 5) is 11.4. The van der Waals surface area contributed by atoms with Gasteiger partial charge in [0.05, 0.1) is 0 Å². The summed E-state index contributed by atoms with van der Waals surface area (Å²) in [6, 6.07) is 0. The summed E-state index contributed by atoms with van der Waals surface area (Å²) in [6.45, 7) is 6.82. The molecule has 3 heterocycles. The van der Waals surface area contributed by atoms with Crippen LogP contribution in [0.4, 0.5) is 5.82 Å². The number of hydrogen-bond donors (Lipinski definition) is 0. The maximum Gasteiger partial charge on any atom is 0.180 e. The van der Waals surface area contributed by atoms with Crippen LogP contribution in [0, 0.1) is 5.41 Å². The van der Waals surface area contributed by atoms with Crippen molar-refractivity contribution in [2.45, 2.75) is 33.1 Å². The van der Waals surface area contributed by atoms with E-state index >= 15 is 0 Å². The minimum Gasteiger partial charge on any atom is -0.353 e. The van der Waals surface area contributed by atoms with Gasteiger partial charge in [-0.2, -0.15) is 0 Å². The van der Waals surface area contributed by atoms with Crippen molar-refractivity contribution in [2.24, 2.45) is 5.41 Å². The minimum absolute atomic E-state index is 0.494. The molecule has 0 aromatic carbocycles. The lowest BCUT2D eigenvalue weighted by Gasteiger charge is -2.39. The van der Waals surface area contributed by atoms with Crippen molar-refractivity contribution in [1.82, 2.24) is 14.4 Å². The molecule has 0 unspecified atom stereocenters. The first-order chi connectivity index (χ1) is 9.11. The second-order valence-electron chi connectivity index (χ2n) is 5.70. The molecule has 102 valence electrons. The summed E-state index contributed by atoms with van der Waals surface area (Å²) < 4.78 is 2.89. The number of fused-ring (bicyclic) bond motifs is 1. The Morgan fingerprint density at radius 2 is 2.11 bits per heavy atom. The molecular formula is C14H19BrN4. The monoisotopic (exact) mass is 322 g/mol. The van der Waals surface area contributed by atoms with E-state index in [2.05, 4.69) is 44.6 Å². The normalized spacial score (nSPS) is 19.0. The molecule has 3 rings (SSSR count). The van der Waals surface area contributed by atoms with Crippen molar-refractivity contribution in [3.05, 3.63) is 23.2 Å². The van der Waals surface area contributed by atoms with Gasteiger partial charge >= 0.3 is 0 Å². The van der Waals surface area contributed by atoms with Gasteiger partial charge < -0.3 is 9.30 Å². The van der Waals surface area contributed by atoms with Crippen molar-refractivity contribution in [2.75, 3.05) is 18.0 Å². The van der Waals surface area contributed by atoms with E-state index in [-0.39, 0.29) is 0 Å². The van der Waals surface area contributed by atoms with Gasteiger partial charge in [0.2, 0.25) is 0 Å². The molecule has 0 atom stereocenters. The van der Waals surface area contributed by atoms with E-state index in [4.69, 9.17) is 0 Å². The largest absolute Gasteiger partial charge is 0.353 e. The number of aromatic nitrogens is 3. The number of hydrogen-bond acceptors (Lipinski definition) is 3. The van der Waals surface area contributed by atoms with E-state index in [9.17, 15) is 0 Å². The van der Waals surface area contributed by atoms with Crippen LogP contribution in [-0.4, -0.2) is 27.5 Å². The Morgan fingerprint density at radius 3 is 2.79 bits per heavy atom. The molecule has 4 nitrogen and oxygen atoms in total. The smallest absolute Gasteiger partial charge is 0.180 e. The number of imidazole rings is 1. The number of anilines is 1. The first-order valence-electron chi connectivity index (χ1n) is 6.85. The van der Waals surface area contributed by atoms with Crippen LogP contribution in [-0.2, 0) is 0 Å². The lowest BCUT2D eigenvalue weighted by Crippen LogP contribution is -2.39. The Morgan fingerprint density at radius 1 is 1.37 bits per heavy atom. The quantitative estimate of drug-likeness (QED) is 0.848. The fraction of sp³-hybridized carbons (Fsp3) is 0.571. The van der Waals surface area contributed by atoms with E-state index in [0.717, 1.165) is 29.2 Å². The Bertz CT molecular complexity index is 584. The van der Waals surface area contributed by atoms with Crippen molar-refractivity contribution in [3.63, 3.8) is 0 Å². The predicted molar refractivity (Wildman–Crippen MR) is 80.5 cm³/mol. The van der Waals surface area contributed by atoms with Gasteiger partial charge in [0.15, 0.2) is 11.5 Å². The predicted octanol–water partition coefficient (Wildman–Crippen LogP) is 3.51. The maximum atomic E-state index is 4.63. The van der Waals surface area contributed by atoms with Gasteiger partial charge in [-0.1, -0.05) is 20.3 Å². The summed E-state index contributed by atoms with van der Waals surface area (Å²) in [6.07, 6.45) is 9.45. The Labute approximate surface area is 122 Å². The number of rotatable bonds is 2. The van der Waals surface area contributed by atoms with Crippen LogP contribution in [0.3, 0.4) is 0 Å². The van der Waals surface area contributed by atoms with Gasteiger partial charge in [-0.25, -0.2) is 9.97 Å². The molecule has 0 aliphatic carbocycles. The zero-order chi connectivity index (χ0) is 13.5. The second kappa shape index (κ2) is 4.78. The fourth-order valence-corrected chi connectivity index (χ4v) is 3.10. The average molecular weight is 323 g/mol. The third kappa shape index (κ3) is 2.36. The lowest BCUT2D eigenvalue weighted by atomic mass is 9.78. The maximum absolute atomic E-state index is 4.63. The highest BCUT2D eigenvalue weighted by Gasteiger charge is 2.29. The zero-order valence-corrected chi connectivity index (χ0v) is 13.0. The zero-order valence-electron chi connectivity index (χ0n) is 11.4. The lowest BCUT2D eigenvalue weighted by molar-refractivity contribution is 0.238. The first kappa shape index (κ1) is 12.9. The van der Waals surface area contributed by atoms with Crippen LogP contribution in [0.1, 0.15) is 33.1 Å². The summed E-state index contributed by atoms with van der Waals surface area (Å²) >= 11 is 3.48. The summed E-state index contributed by atoms with van der Waals surface area (Å²) in [5.74, 6) is 0.998. The fourth-order valence-electron chi connectivity index (χ4n) is 2.71. The number of nitrogens with zero attached hydrogens (tertiary/aromatic N) is 4. The van der Waals surface area contributed by atoms with Gasteiger partial charge in [-0.3, -0.25) is 0 Å². The van der Waals surface area contributed by atoms with Crippen molar-refractivity contribution >= 4 is 27.4 Å². The van der Waals surface area contributed by atoms with Gasteiger partial charge in [0.25, 0.3) is 0 Å². The van der Waals surface area contributed by atoms with E-state index in [1.165, 1.54) is 19.3 Å². The topological polar surface area (TPSA) is 33.4 Å². The molecule has 0 spiro atoms. The molecule has 0 saturated carbocycles. The van der Waals surface area contributed by atoms with Gasteiger partial charge in [0, 0.05) is 31.7 Å². The summed E-state index contributed by atoms with van der Waals surface area (Å²) in [5, 5.41) is 0. The van der Waals surface area contributed by atoms with Gasteiger partial charge in [-0.15, -0.1) is 0 Å². The second-order valence-corrected chi connectivity index (χ2v) is 6.51. The third-order valence-corrected chi connectivity index (χ3v) is 4.83. The minimum atomic E-state index is 0.494. The van der Waals surface area contributed by atoms with E-state index in [1.807, 2.05) is 23.0 Å². The van der Waals surface area contributed by atoms with Crippen molar-refractivity contribution < 1.29 is 0 Å². The van der Waals surface area contributed by atoms with E-state index < -0.39 is 0 Å². The number of piperidine rings is 1. The van der Waals surface area contributed by atoms with E-state index in [1.54, 1.807) is 0 Å². The SMILES string of the molecule is CCC1(C)CCN(c2nc(Br)cn3ccnc23)CC1. The molecule has 1 aliphatic heterocycles. The van der Waals surface area contributed by atoms with Crippen LogP contribution in [0.15, 0.2) is 23.2 Å². The molecule has 0 radical (unpaired) electrons. The van der Waals surface area contributed by atoms with Gasteiger partial charge in [0.1, 0.15) is 4.60 Å². The Kier molecular flexibility index (Phi) is 3.25. The first-order valence-corrected chi connectivity index (χ1v) is 7.65. The Balaban J connectivity index is 1.91. The molecule has 19 heavy (non-hydrogen) atoms. The molecule has 0 amide bonds. The molecule has 1 saturated heterocycles. The highest BCUT2D eigenvalue weighted by molar-refractivity contribution is 9.10. The van der Waals surface area contributed by atoms with Crippen LogP contribution < -0.4 is 4.90 Å². The van der Waals surface area contributed by atoms with Crippen LogP contribution in [0.5, 0.6) is 0 Å².